The smallest absolute Gasteiger partial charge is 0.340 e. The molecule has 0 spiro atoms. The molecule has 0 aliphatic rings. The van der Waals surface area contributed by atoms with Crippen LogP contribution in [0.15, 0.2) is 53.4 Å². The molecule has 2 aromatic carbocycles. The van der Waals surface area contributed by atoms with Gasteiger partial charge in [-0.25, -0.2) is 13.2 Å². The van der Waals surface area contributed by atoms with E-state index in [2.05, 4.69) is 0 Å². The van der Waals surface area contributed by atoms with Crippen molar-refractivity contribution in [2.45, 2.75) is 25.7 Å². The fourth-order valence-corrected chi connectivity index (χ4v) is 3.87. The Labute approximate surface area is 142 Å². The molecule has 6 heteroatoms. The third-order valence-electron chi connectivity index (χ3n) is 3.56. The first-order chi connectivity index (χ1) is 11.4. The Bertz CT molecular complexity index is 813. The minimum Gasteiger partial charge on any atom is -0.462 e. The predicted octanol–water partition coefficient (Wildman–Crippen LogP) is 3.39. The summed E-state index contributed by atoms with van der Waals surface area (Å²) in [5.74, 6) is -0.536. The van der Waals surface area contributed by atoms with E-state index < -0.39 is 16.0 Å². The van der Waals surface area contributed by atoms with Crippen LogP contribution in [-0.4, -0.2) is 27.5 Å². The van der Waals surface area contributed by atoms with Crippen LogP contribution in [0.3, 0.4) is 0 Å². The van der Waals surface area contributed by atoms with E-state index in [1.807, 2.05) is 6.92 Å². The van der Waals surface area contributed by atoms with Crippen LogP contribution in [0, 0.1) is 6.92 Å². The Hall–Kier alpha value is -2.34. The summed E-state index contributed by atoms with van der Waals surface area (Å²) >= 11 is 0. The molecular weight excluding hydrogens is 326 g/mol. The van der Waals surface area contributed by atoms with Gasteiger partial charge in [0.1, 0.15) is 0 Å². The summed E-state index contributed by atoms with van der Waals surface area (Å²) in [5.41, 5.74) is 1.53. The summed E-state index contributed by atoms with van der Waals surface area (Å²) in [4.78, 5) is 12.3. The summed E-state index contributed by atoms with van der Waals surface area (Å²) in [6.45, 7) is 5.76. The van der Waals surface area contributed by atoms with E-state index in [1.165, 1.54) is 4.31 Å². The monoisotopic (exact) mass is 347 g/mol. The molecule has 0 radical (unpaired) electrons. The number of hydrogen-bond donors (Lipinski definition) is 0. The molecule has 0 aromatic heterocycles. The van der Waals surface area contributed by atoms with Gasteiger partial charge >= 0.3 is 5.97 Å². The van der Waals surface area contributed by atoms with Gasteiger partial charge in [-0.2, -0.15) is 0 Å². The zero-order valence-corrected chi connectivity index (χ0v) is 14.8. The van der Waals surface area contributed by atoms with Gasteiger partial charge in [0.15, 0.2) is 0 Å². The summed E-state index contributed by atoms with van der Waals surface area (Å²) in [6.07, 6.45) is 0. The highest BCUT2D eigenvalue weighted by Crippen LogP contribution is 2.27. The Morgan fingerprint density at radius 2 is 1.67 bits per heavy atom. The first-order valence-electron chi connectivity index (χ1n) is 7.77. The SMILES string of the molecule is CCOC(=O)c1ccccc1N(CC)S(=O)(=O)c1ccc(C)cc1. The fourth-order valence-electron chi connectivity index (χ4n) is 2.38. The molecule has 0 aliphatic heterocycles. The zero-order chi connectivity index (χ0) is 17.7. The van der Waals surface area contributed by atoms with Crippen LogP contribution < -0.4 is 4.31 Å². The highest BCUT2D eigenvalue weighted by Gasteiger charge is 2.27. The summed E-state index contributed by atoms with van der Waals surface area (Å²) in [6, 6.07) is 13.2. The van der Waals surface area contributed by atoms with Crippen LogP contribution in [0.1, 0.15) is 29.8 Å². The lowest BCUT2D eigenvalue weighted by molar-refractivity contribution is 0.0527. The molecule has 0 N–H and O–H groups in total. The maximum absolute atomic E-state index is 13.0. The van der Waals surface area contributed by atoms with Crippen LogP contribution >= 0.6 is 0 Å². The zero-order valence-electron chi connectivity index (χ0n) is 14.0. The second kappa shape index (κ2) is 7.49. The Kier molecular flexibility index (Phi) is 5.62. The van der Waals surface area contributed by atoms with Crippen molar-refractivity contribution in [1.82, 2.24) is 0 Å². The van der Waals surface area contributed by atoms with Gasteiger partial charge in [-0.15, -0.1) is 0 Å². The predicted molar refractivity (Wildman–Crippen MR) is 93.8 cm³/mol. The van der Waals surface area contributed by atoms with Crippen molar-refractivity contribution in [3.63, 3.8) is 0 Å². The molecule has 5 nitrogen and oxygen atoms in total. The van der Waals surface area contributed by atoms with E-state index >= 15 is 0 Å². The van der Waals surface area contributed by atoms with Crippen LogP contribution in [0.2, 0.25) is 0 Å². The van der Waals surface area contributed by atoms with E-state index in [1.54, 1.807) is 62.4 Å². The minimum absolute atomic E-state index is 0.189. The fraction of sp³-hybridized carbons (Fsp3) is 0.278. The molecule has 0 atom stereocenters. The lowest BCUT2D eigenvalue weighted by Gasteiger charge is -2.24. The van der Waals surface area contributed by atoms with Gasteiger partial charge in [0.2, 0.25) is 0 Å². The van der Waals surface area contributed by atoms with E-state index in [-0.39, 0.29) is 23.6 Å². The number of rotatable bonds is 6. The quantitative estimate of drug-likeness (QED) is 0.752. The van der Waals surface area contributed by atoms with Crippen molar-refractivity contribution in [3.8, 4) is 0 Å². The van der Waals surface area contributed by atoms with Gasteiger partial charge in [0.25, 0.3) is 10.0 Å². The van der Waals surface area contributed by atoms with E-state index in [0.717, 1.165) is 5.56 Å². The van der Waals surface area contributed by atoms with Crippen molar-refractivity contribution < 1.29 is 17.9 Å². The highest BCUT2D eigenvalue weighted by atomic mass is 32.2. The number of benzene rings is 2. The summed E-state index contributed by atoms with van der Waals surface area (Å²) in [7, 11) is -3.77. The number of esters is 1. The van der Waals surface area contributed by atoms with Crippen molar-refractivity contribution in [2.24, 2.45) is 0 Å². The molecule has 0 saturated carbocycles. The highest BCUT2D eigenvalue weighted by molar-refractivity contribution is 7.92. The number of anilines is 1. The largest absolute Gasteiger partial charge is 0.462 e. The van der Waals surface area contributed by atoms with Crippen molar-refractivity contribution in [1.29, 1.82) is 0 Å². The number of nitrogens with zero attached hydrogens (tertiary/aromatic N) is 1. The lowest BCUT2D eigenvalue weighted by atomic mass is 10.2. The molecule has 0 amide bonds. The van der Waals surface area contributed by atoms with Crippen molar-refractivity contribution >= 4 is 21.7 Å². The van der Waals surface area contributed by atoms with Crippen LogP contribution in [0.5, 0.6) is 0 Å². The number of para-hydroxylation sites is 1. The third-order valence-corrected chi connectivity index (χ3v) is 5.47. The number of aryl methyl sites for hydroxylation is 1. The van der Waals surface area contributed by atoms with Gasteiger partial charge < -0.3 is 4.74 Å². The Morgan fingerprint density at radius 1 is 1.04 bits per heavy atom. The number of sulfonamides is 1. The number of carbonyl (C=O) groups is 1. The molecule has 128 valence electrons. The molecule has 24 heavy (non-hydrogen) atoms. The molecule has 0 bridgehead atoms. The molecule has 2 aromatic rings. The maximum atomic E-state index is 13.0. The van der Waals surface area contributed by atoms with Crippen LogP contribution in [0.4, 0.5) is 5.69 Å². The molecular formula is C18H21NO4S. The molecule has 0 aliphatic carbocycles. The Morgan fingerprint density at radius 3 is 2.25 bits per heavy atom. The van der Waals surface area contributed by atoms with Crippen LogP contribution in [0.25, 0.3) is 0 Å². The first kappa shape index (κ1) is 18.0. The lowest BCUT2D eigenvalue weighted by Crippen LogP contribution is -2.32. The van der Waals surface area contributed by atoms with Gasteiger partial charge in [0.05, 0.1) is 22.8 Å². The van der Waals surface area contributed by atoms with Gasteiger partial charge in [0, 0.05) is 6.54 Å². The third kappa shape index (κ3) is 3.59. The molecule has 2 rings (SSSR count). The minimum atomic E-state index is -3.77. The van der Waals surface area contributed by atoms with Crippen molar-refractivity contribution in [3.05, 3.63) is 59.7 Å². The maximum Gasteiger partial charge on any atom is 0.340 e. The summed E-state index contributed by atoms with van der Waals surface area (Å²) < 4.78 is 32.2. The van der Waals surface area contributed by atoms with E-state index in [9.17, 15) is 13.2 Å². The van der Waals surface area contributed by atoms with Crippen LogP contribution in [-0.2, 0) is 14.8 Å². The first-order valence-corrected chi connectivity index (χ1v) is 9.21. The molecule has 0 fully saturated rings. The molecule has 0 heterocycles. The second-order valence-electron chi connectivity index (χ2n) is 5.22. The molecule has 0 unspecified atom stereocenters. The average molecular weight is 347 g/mol. The van der Waals surface area contributed by atoms with Gasteiger partial charge in [-0.1, -0.05) is 29.8 Å². The summed E-state index contributed by atoms with van der Waals surface area (Å²) in [5, 5.41) is 0. The Balaban J connectivity index is 2.52. The van der Waals surface area contributed by atoms with Crippen molar-refractivity contribution in [2.75, 3.05) is 17.5 Å². The van der Waals surface area contributed by atoms with E-state index in [4.69, 9.17) is 4.74 Å². The second-order valence-corrected chi connectivity index (χ2v) is 7.08. The van der Waals surface area contributed by atoms with Gasteiger partial charge in [-0.05, 0) is 45.0 Å². The normalized spacial score (nSPS) is 11.1. The van der Waals surface area contributed by atoms with Gasteiger partial charge in [-0.3, -0.25) is 4.31 Å². The number of carbonyl (C=O) groups excluding carboxylic acids is 1. The topological polar surface area (TPSA) is 63.7 Å². The van der Waals surface area contributed by atoms with E-state index in [0.29, 0.717) is 5.69 Å². The molecule has 0 saturated heterocycles. The number of hydrogen-bond acceptors (Lipinski definition) is 4. The standard InChI is InChI=1S/C18H21NO4S/c1-4-19(24(21,22)15-12-10-14(3)11-13-15)17-9-7-6-8-16(17)18(20)23-5-2/h6-13H,4-5H2,1-3H3. The average Bonchev–Trinajstić information content (AvgIpc) is 2.56. The number of ether oxygens (including phenoxy) is 1.